The van der Waals surface area contributed by atoms with Crippen molar-refractivity contribution in [3.63, 3.8) is 0 Å². The van der Waals surface area contributed by atoms with Crippen molar-refractivity contribution < 1.29 is 19.4 Å². The minimum atomic E-state index is -0.433. The second-order valence-corrected chi connectivity index (χ2v) is 4.52. The van der Waals surface area contributed by atoms with Crippen LogP contribution >= 0.6 is 0 Å². The number of carbonyl (C=O) groups is 1. The summed E-state index contributed by atoms with van der Waals surface area (Å²) in [6, 6.07) is 6.94. The van der Waals surface area contributed by atoms with Gasteiger partial charge in [-0.2, -0.15) is 0 Å². The van der Waals surface area contributed by atoms with Crippen molar-refractivity contribution in [2.45, 2.75) is 32.4 Å². The van der Waals surface area contributed by atoms with E-state index in [-0.39, 0.29) is 18.6 Å². The molecule has 0 heterocycles. The van der Waals surface area contributed by atoms with E-state index in [1.807, 2.05) is 6.92 Å². The van der Waals surface area contributed by atoms with Gasteiger partial charge < -0.3 is 19.9 Å². The van der Waals surface area contributed by atoms with Gasteiger partial charge >= 0.3 is 0 Å². The Kier molecular flexibility index (Phi) is 6.15. The van der Waals surface area contributed by atoms with Gasteiger partial charge in [-0.25, -0.2) is 0 Å². The van der Waals surface area contributed by atoms with Gasteiger partial charge in [0.25, 0.3) is 5.91 Å². The third-order valence-corrected chi connectivity index (χ3v) is 2.53. The Labute approximate surface area is 113 Å². The fraction of sp³-hybridized carbons (Fsp3) is 0.500. The first-order valence-electron chi connectivity index (χ1n) is 6.25. The Morgan fingerprint density at radius 1 is 1.26 bits per heavy atom. The Morgan fingerprint density at radius 2 is 1.84 bits per heavy atom. The van der Waals surface area contributed by atoms with E-state index in [2.05, 4.69) is 5.32 Å². The van der Waals surface area contributed by atoms with Gasteiger partial charge in [0.1, 0.15) is 11.5 Å². The molecule has 0 aliphatic rings. The van der Waals surface area contributed by atoms with Crippen molar-refractivity contribution in [1.29, 1.82) is 0 Å². The van der Waals surface area contributed by atoms with Crippen LogP contribution in [-0.2, 0) is 4.79 Å². The zero-order valence-electron chi connectivity index (χ0n) is 11.6. The summed E-state index contributed by atoms with van der Waals surface area (Å²) in [5.74, 6) is 1.14. The predicted molar refractivity (Wildman–Crippen MR) is 72.4 cm³/mol. The maximum absolute atomic E-state index is 11.6. The van der Waals surface area contributed by atoms with Gasteiger partial charge in [-0.3, -0.25) is 4.79 Å². The standard InChI is InChI=1S/C14H21NO4/c1-10(8-11(2)16)15-14(17)9-19-13-6-4-12(18-3)5-7-13/h4-7,10-11,16H,8-9H2,1-3H3,(H,15,17). The van der Waals surface area contributed by atoms with Gasteiger partial charge in [-0.15, -0.1) is 0 Å². The van der Waals surface area contributed by atoms with E-state index >= 15 is 0 Å². The number of benzene rings is 1. The minimum Gasteiger partial charge on any atom is -0.497 e. The van der Waals surface area contributed by atoms with Gasteiger partial charge in [0, 0.05) is 6.04 Å². The van der Waals surface area contributed by atoms with Crippen molar-refractivity contribution in [1.82, 2.24) is 5.32 Å². The molecule has 19 heavy (non-hydrogen) atoms. The minimum absolute atomic E-state index is 0.0452. The lowest BCUT2D eigenvalue weighted by atomic mass is 10.1. The zero-order valence-corrected chi connectivity index (χ0v) is 11.6. The van der Waals surface area contributed by atoms with Crippen LogP contribution in [0.2, 0.25) is 0 Å². The van der Waals surface area contributed by atoms with E-state index in [1.54, 1.807) is 38.3 Å². The fourth-order valence-electron chi connectivity index (χ4n) is 1.71. The van der Waals surface area contributed by atoms with Crippen LogP contribution in [-0.4, -0.2) is 36.9 Å². The number of nitrogens with one attached hydrogen (secondary N) is 1. The first-order chi connectivity index (χ1) is 9.01. The highest BCUT2D eigenvalue weighted by atomic mass is 16.5. The summed E-state index contributed by atoms with van der Waals surface area (Å²) in [7, 11) is 1.59. The summed E-state index contributed by atoms with van der Waals surface area (Å²) in [5, 5.41) is 12.0. The summed E-state index contributed by atoms with van der Waals surface area (Å²) in [6.07, 6.45) is 0.0895. The average Bonchev–Trinajstić information content (AvgIpc) is 2.36. The second-order valence-electron chi connectivity index (χ2n) is 4.52. The third-order valence-electron chi connectivity index (χ3n) is 2.53. The third kappa shape index (κ3) is 6.10. The van der Waals surface area contributed by atoms with Crippen molar-refractivity contribution in [2.75, 3.05) is 13.7 Å². The monoisotopic (exact) mass is 267 g/mol. The van der Waals surface area contributed by atoms with Crippen LogP contribution in [0.1, 0.15) is 20.3 Å². The second kappa shape index (κ2) is 7.63. The molecule has 1 aromatic carbocycles. The molecule has 0 spiro atoms. The molecule has 2 N–H and O–H groups in total. The molecule has 1 rings (SSSR count). The molecule has 0 saturated carbocycles. The number of ether oxygens (including phenoxy) is 2. The molecule has 0 radical (unpaired) electrons. The number of hydrogen-bond acceptors (Lipinski definition) is 4. The summed E-state index contributed by atoms with van der Waals surface area (Å²) in [6.45, 7) is 3.49. The largest absolute Gasteiger partial charge is 0.497 e. The Bertz CT molecular complexity index is 389. The van der Waals surface area contributed by atoms with Gasteiger partial charge in [0.2, 0.25) is 0 Å². The van der Waals surface area contributed by atoms with E-state index < -0.39 is 6.10 Å². The van der Waals surface area contributed by atoms with Crippen LogP contribution < -0.4 is 14.8 Å². The number of aliphatic hydroxyl groups excluding tert-OH is 1. The summed E-state index contributed by atoms with van der Waals surface area (Å²) in [4.78, 5) is 11.6. The SMILES string of the molecule is COc1ccc(OCC(=O)NC(C)CC(C)O)cc1. The van der Waals surface area contributed by atoms with Crippen LogP contribution in [0.15, 0.2) is 24.3 Å². The number of carbonyl (C=O) groups excluding carboxylic acids is 1. The topological polar surface area (TPSA) is 67.8 Å². The van der Waals surface area contributed by atoms with E-state index in [9.17, 15) is 9.90 Å². The molecule has 5 nitrogen and oxygen atoms in total. The van der Waals surface area contributed by atoms with E-state index in [4.69, 9.17) is 9.47 Å². The Balaban J connectivity index is 2.33. The maximum Gasteiger partial charge on any atom is 0.258 e. The highest BCUT2D eigenvalue weighted by Gasteiger charge is 2.10. The molecule has 0 saturated heterocycles. The molecular formula is C14H21NO4. The van der Waals surface area contributed by atoms with Gasteiger partial charge in [-0.1, -0.05) is 0 Å². The Hall–Kier alpha value is -1.75. The van der Waals surface area contributed by atoms with Gasteiger partial charge in [0.15, 0.2) is 6.61 Å². The molecular weight excluding hydrogens is 246 g/mol. The quantitative estimate of drug-likeness (QED) is 0.782. The van der Waals surface area contributed by atoms with Crippen LogP contribution in [0.25, 0.3) is 0 Å². The number of aliphatic hydroxyl groups is 1. The predicted octanol–water partition coefficient (Wildman–Crippen LogP) is 1.35. The van der Waals surface area contributed by atoms with Crippen LogP contribution in [0, 0.1) is 0 Å². The summed E-state index contributed by atoms with van der Waals surface area (Å²) < 4.78 is 10.4. The zero-order chi connectivity index (χ0) is 14.3. The number of hydrogen-bond donors (Lipinski definition) is 2. The van der Waals surface area contributed by atoms with Crippen molar-refractivity contribution in [3.8, 4) is 11.5 Å². The van der Waals surface area contributed by atoms with Crippen molar-refractivity contribution in [3.05, 3.63) is 24.3 Å². The molecule has 0 aromatic heterocycles. The Morgan fingerprint density at radius 3 is 2.37 bits per heavy atom. The highest BCUT2D eigenvalue weighted by Crippen LogP contribution is 2.16. The molecule has 1 aromatic rings. The van der Waals surface area contributed by atoms with Gasteiger partial charge in [0.05, 0.1) is 13.2 Å². The smallest absolute Gasteiger partial charge is 0.258 e. The van der Waals surface area contributed by atoms with E-state index in [0.717, 1.165) is 5.75 Å². The normalized spacial score (nSPS) is 13.5. The van der Waals surface area contributed by atoms with Gasteiger partial charge in [-0.05, 0) is 44.5 Å². The first-order valence-corrected chi connectivity index (χ1v) is 6.25. The molecule has 2 unspecified atom stereocenters. The molecule has 1 amide bonds. The van der Waals surface area contributed by atoms with Crippen LogP contribution in [0.5, 0.6) is 11.5 Å². The number of amides is 1. The molecule has 2 atom stereocenters. The fourth-order valence-corrected chi connectivity index (χ4v) is 1.71. The summed E-state index contributed by atoms with van der Waals surface area (Å²) >= 11 is 0. The highest BCUT2D eigenvalue weighted by molar-refractivity contribution is 5.77. The lowest BCUT2D eigenvalue weighted by molar-refractivity contribution is -0.123. The number of rotatable bonds is 7. The average molecular weight is 267 g/mol. The van der Waals surface area contributed by atoms with Crippen molar-refractivity contribution >= 4 is 5.91 Å². The molecule has 0 fully saturated rings. The lowest BCUT2D eigenvalue weighted by Crippen LogP contribution is -2.37. The molecule has 0 bridgehead atoms. The van der Waals surface area contributed by atoms with E-state index in [1.165, 1.54) is 0 Å². The lowest BCUT2D eigenvalue weighted by Gasteiger charge is -2.15. The van der Waals surface area contributed by atoms with E-state index in [0.29, 0.717) is 12.2 Å². The maximum atomic E-state index is 11.6. The molecule has 0 aliphatic carbocycles. The first kappa shape index (κ1) is 15.3. The molecule has 0 aliphatic heterocycles. The summed E-state index contributed by atoms with van der Waals surface area (Å²) in [5.41, 5.74) is 0. The molecule has 106 valence electrons. The van der Waals surface area contributed by atoms with Crippen LogP contribution in [0.3, 0.4) is 0 Å². The van der Waals surface area contributed by atoms with Crippen molar-refractivity contribution in [2.24, 2.45) is 0 Å². The molecule has 5 heteroatoms. The van der Waals surface area contributed by atoms with Crippen LogP contribution in [0.4, 0.5) is 0 Å². The number of methoxy groups -OCH3 is 1.